The molecule has 20 nitrogen and oxygen atoms in total. The Morgan fingerprint density at radius 1 is 0.519 bits per heavy atom. The average Bonchev–Trinajstić information content (AvgIpc) is 3.04. The van der Waals surface area contributed by atoms with Crippen LogP contribution in [0.1, 0.15) is 55.4 Å². The molecule has 0 spiro atoms. The highest BCUT2D eigenvalue weighted by Gasteiger charge is 2.58. The van der Waals surface area contributed by atoms with Crippen LogP contribution >= 0.6 is 0 Å². The Hall–Kier alpha value is -5.34. The number of carbonyl (C=O) groups is 8. The normalized spacial score (nSPS) is 27.6. The molecule has 1 amide bonds. The van der Waals surface area contributed by atoms with Crippen molar-refractivity contribution < 1.29 is 90.5 Å². The van der Waals surface area contributed by atoms with Crippen molar-refractivity contribution in [2.75, 3.05) is 18.5 Å². The molecular weight excluding hydrogens is 726 g/mol. The summed E-state index contributed by atoms with van der Waals surface area (Å²) in [6.45, 7) is 7.42. The van der Waals surface area contributed by atoms with Gasteiger partial charge in [0.15, 0.2) is 30.7 Å². The van der Waals surface area contributed by atoms with E-state index in [2.05, 4.69) is 5.32 Å². The number of ether oxygens (including phenoxy) is 11. The molecule has 0 bridgehead atoms. The van der Waals surface area contributed by atoms with Crippen molar-refractivity contribution in [2.24, 2.45) is 0 Å². The predicted octanol–water partition coefficient (Wildman–Crippen LogP) is 0.644. The van der Waals surface area contributed by atoms with E-state index in [0.29, 0.717) is 0 Å². The summed E-state index contributed by atoms with van der Waals surface area (Å²) in [5.74, 6) is -6.50. The molecule has 1 aromatic carbocycles. The second-order valence-electron chi connectivity index (χ2n) is 12.0. The van der Waals surface area contributed by atoms with E-state index in [9.17, 15) is 38.4 Å². The van der Waals surface area contributed by atoms with Gasteiger partial charge in [-0.1, -0.05) is 12.1 Å². The second kappa shape index (κ2) is 19.7. The summed E-state index contributed by atoms with van der Waals surface area (Å²) in [4.78, 5) is 97.9. The summed E-state index contributed by atoms with van der Waals surface area (Å²) in [7, 11) is 0. The lowest BCUT2D eigenvalue weighted by Gasteiger charge is -2.48. The van der Waals surface area contributed by atoms with Gasteiger partial charge >= 0.3 is 41.8 Å². The molecule has 54 heavy (non-hydrogen) atoms. The zero-order valence-electron chi connectivity index (χ0n) is 30.8. The third kappa shape index (κ3) is 12.7. The van der Waals surface area contributed by atoms with Crippen molar-refractivity contribution in [1.82, 2.24) is 0 Å². The van der Waals surface area contributed by atoms with Crippen LogP contribution < -0.4 is 10.1 Å². The maximum Gasteiger partial charge on any atom is 0.303 e. The van der Waals surface area contributed by atoms with Crippen molar-refractivity contribution >= 4 is 53.4 Å². The van der Waals surface area contributed by atoms with Crippen molar-refractivity contribution in [3.8, 4) is 5.75 Å². The first-order valence-electron chi connectivity index (χ1n) is 16.5. The van der Waals surface area contributed by atoms with Gasteiger partial charge in [-0.05, 0) is 12.1 Å². The number of amides is 1. The standard InChI is InChI=1S/C34H43NO19/c1-15(36)35-23-11-9-10-12-24(23)51-33-31(49-21(7)42)30(48-20(6)41)28(26(52-33)14-45-17(3)38)54-34-32(50-22(8)43)29(47-19(5)40)27(46-18(4)39)25(53-34)13-44-16(2)37/h9-12,25-34H,13-14H2,1-8H3,(H,35,36)/t25-,26-,27+,28-,29+,30+,31-,32-,33-,34+/m1/s1. The van der Waals surface area contributed by atoms with Crippen LogP contribution in [0.25, 0.3) is 0 Å². The lowest BCUT2D eigenvalue weighted by Crippen LogP contribution is -2.67. The highest BCUT2D eigenvalue weighted by Crippen LogP contribution is 2.37. The highest BCUT2D eigenvalue weighted by atomic mass is 16.8. The number of nitrogens with one attached hydrogen (secondary N) is 1. The van der Waals surface area contributed by atoms with Crippen LogP contribution in [0, 0.1) is 0 Å². The van der Waals surface area contributed by atoms with Crippen LogP contribution in [-0.2, 0) is 85.7 Å². The third-order valence-electron chi connectivity index (χ3n) is 7.33. The second-order valence-corrected chi connectivity index (χ2v) is 12.0. The fourth-order valence-electron chi connectivity index (χ4n) is 5.55. The molecular formula is C34H43NO19. The van der Waals surface area contributed by atoms with Crippen molar-refractivity contribution in [3.05, 3.63) is 24.3 Å². The molecule has 0 saturated carbocycles. The number of hydrogen-bond donors (Lipinski definition) is 1. The molecule has 0 aliphatic carbocycles. The van der Waals surface area contributed by atoms with E-state index in [1.54, 1.807) is 12.1 Å². The molecule has 2 fully saturated rings. The van der Waals surface area contributed by atoms with E-state index < -0.39 is 122 Å². The topological polar surface area (TPSA) is 250 Å². The van der Waals surface area contributed by atoms with Crippen molar-refractivity contribution in [3.63, 3.8) is 0 Å². The monoisotopic (exact) mass is 769 g/mol. The Labute approximate surface area is 309 Å². The SMILES string of the molecule is CC(=O)Nc1ccccc1O[C@@H]1O[C@H](COC(C)=O)[C@@H](O[C@@H]2O[C@H](COC(C)=O)[C@H](OC(C)=O)[C@H](OC(C)=O)[C@H]2OC(C)=O)[C@H](OC(C)=O)[C@H]1OC(C)=O. The fraction of sp³-hybridized carbons (Fsp3) is 0.588. The first-order valence-corrected chi connectivity index (χ1v) is 16.5. The molecule has 10 atom stereocenters. The van der Waals surface area contributed by atoms with Gasteiger partial charge in [0.05, 0.1) is 5.69 Å². The first kappa shape index (κ1) is 43.1. The Morgan fingerprint density at radius 3 is 1.41 bits per heavy atom. The Kier molecular flexibility index (Phi) is 15.7. The van der Waals surface area contributed by atoms with Crippen LogP contribution in [0.5, 0.6) is 5.75 Å². The van der Waals surface area contributed by atoms with E-state index in [1.165, 1.54) is 19.1 Å². The summed E-state index contributed by atoms with van der Waals surface area (Å²) in [5, 5.41) is 2.59. The molecule has 2 saturated heterocycles. The Balaban J connectivity index is 2.19. The minimum Gasteiger partial charge on any atom is -0.463 e. The number of benzene rings is 1. The summed E-state index contributed by atoms with van der Waals surface area (Å²) >= 11 is 0. The van der Waals surface area contributed by atoms with Crippen molar-refractivity contribution in [2.45, 2.75) is 117 Å². The van der Waals surface area contributed by atoms with Crippen LogP contribution in [-0.4, -0.2) is 122 Å². The summed E-state index contributed by atoms with van der Waals surface area (Å²) in [6, 6.07) is 6.14. The molecule has 3 rings (SSSR count). The van der Waals surface area contributed by atoms with Crippen LogP contribution in [0.2, 0.25) is 0 Å². The number of hydrogen-bond acceptors (Lipinski definition) is 19. The molecule has 1 N–H and O–H groups in total. The highest BCUT2D eigenvalue weighted by molar-refractivity contribution is 5.90. The first-order chi connectivity index (χ1) is 25.4. The van der Waals surface area contributed by atoms with Crippen LogP contribution in [0.15, 0.2) is 24.3 Å². The van der Waals surface area contributed by atoms with E-state index in [0.717, 1.165) is 48.5 Å². The average molecular weight is 770 g/mol. The predicted molar refractivity (Wildman–Crippen MR) is 175 cm³/mol. The summed E-state index contributed by atoms with van der Waals surface area (Å²) in [6.07, 6.45) is -16.3. The maximum absolute atomic E-state index is 12.6. The number of anilines is 1. The number of esters is 7. The quantitative estimate of drug-likeness (QED) is 0.201. The minimum atomic E-state index is -1.84. The molecule has 298 valence electrons. The zero-order chi connectivity index (χ0) is 40.3. The molecule has 0 radical (unpaired) electrons. The van der Waals surface area contributed by atoms with Gasteiger partial charge in [0.1, 0.15) is 37.3 Å². The molecule has 2 aliphatic heterocycles. The lowest BCUT2D eigenvalue weighted by molar-refractivity contribution is -0.354. The molecule has 0 aromatic heterocycles. The number of rotatable bonds is 14. The summed E-state index contributed by atoms with van der Waals surface area (Å²) in [5.41, 5.74) is 0.187. The zero-order valence-corrected chi connectivity index (χ0v) is 30.8. The largest absolute Gasteiger partial charge is 0.463 e. The van der Waals surface area contributed by atoms with Crippen LogP contribution in [0.4, 0.5) is 5.69 Å². The maximum atomic E-state index is 12.6. The van der Waals surface area contributed by atoms with Gasteiger partial charge in [-0.15, -0.1) is 0 Å². The van der Waals surface area contributed by atoms with E-state index in [-0.39, 0.29) is 11.4 Å². The van der Waals surface area contributed by atoms with Gasteiger partial charge < -0.3 is 57.4 Å². The fourth-order valence-corrected chi connectivity index (χ4v) is 5.55. The van der Waals surface area contributed by atoms with E-state index in [4.69, 9.17) is 52.1 Å². The molecule has 2 aliphatic rings. The van der Waals surface area contributed by atoms with Crippen LogP contribution in [0.3, 0.4) is 0 Å². The lowest BCUT2D eigenvalue weighted by atomic mass is 9.96. The van der Waals surface area contributed by atoms with Gasteiger partial charge in [0.2, 0.25) is 18.3 Å². The Morgan fingerprint density at radius 2 is 0.926 bits per heavy atom. The smallest absolute Gasteiger partial charge is 0.303 e. The van der Waals surface area contributed by atoms with E-state index in [1.807, 2.05) is 0 Å². The number of carbonyl (C=O) groups excluding carboxylic acids is 8. The van der Waals surface area contributed by atoms with Gasteiger partial charge in [-0.25, -0.2) is 0 Å². The van der Waals surface area contributed by atoms with E-state index >= 15 is 0 Å². The molecule has 1 aromatic rings. The summed E-state index contributed by atoms with van der Waals surface area (Å²) < 4.78 is 62.6. The molecule has 0 unspecified atom stereocenters. The minimum absolute atomic E-state index is 0.0293. The molecule has 20 heteroatoms. The molecule has 2 heterocycles. The third-order valence-corrected chi connectivity index (χ3v) is 7.33. The van der Waals surface area contributed by atoms with Gasteiger partial charge in [-0.3, -0.25) is 38.4 Å². The number of para-hydroxylation sites is 2. The van der Waals surface area contributed by atoms with Crippen molar-refractivity contribution in [1.29, 1.82) is 0 Å². The van der Waals surface area contributed by atoms with Gasteiger partial charge in [0.25, 0.3) is 0 Å². The van der Waals surface area contributed by atoms with Gasteiger partial charge in [-0.2, -0.15) is 0 Å². The Bertz CT molecular complexity index is 1560. The van der Waals surface area contributed by atoms with Gasteiger partial charge in [0, 0.05) is 55.4 Å².